The fourth-order valence-corrected chi connectivity index (χ4v) is 5.85. The van der Waals surface area contributed by atoms with Gasteiger partial charge >= 0.3 is 6.03 Å². The molecule has 1 heterocycles. The Bertz CT molecular complexity index is 910. The molecule has 2 atom stereocenters. The van der Waals surface area contributed by atoms with Gasteiger partial charge in [-0.1, -0.05) is 36.7 Å². The number of amides is 3. The maximum Gasteiger partial charge on any atom is 0.319 e. The molecule has 1 aliphatic heterocycles. The lowest BCUT2D eigenvalue weighted by Crippen LogP contribution is -2.49. The average molecular weight is 477 g/mol. The first-order chi connectivity index (χ1) is 14.0. The second-order valence-corrected chi connectivity index (χ2v) is 10.6. The van der Waals surface area contributed by atoms with Crippen molar-refractivity contribution in [2.24, 2.45) is 15.8 Å². The van der Waals surface area contributed by atoms with E-state index in [2.05, 4.69) is 52.3 Å². The van der Waals surface area contributed by atoms with Gasteiger partial charge in [-0.3, -0.25) is 4.79 Å². The zero-order chi connectivity index (χ0) is 22.1. The summed E-state index contributed by atoms with van der Waals surface area (Å²) >= 11 is 3.50. The Balaban J connectivity index is 1.76. The molecule has 1 aromatic rings. The summed E-state index contributed by atoms with van der Waals surface area (Å²) in [5, 5.41) is 6.05. The van der Waals surface area contributed by atoms with Crippen LogP contribution in [0.5, 0.6) is 0 Å². The Morgan fingerprint density at radius 3 is 2.70 bits per heavy atom. The molecule has 162 valence electrons. The summed E-state index contributed by atoms with van der Waals surface area (Å²) < 4.78 is 0.861. The Morgan fingerprint density at radius 1 is 1.30 bits per heavy atom. The van der Waals surface area contributed by atoms with Crippen LogP contribution < -0.4 is 15.5 Å². The van der Waals surface area contributed by atoms with Gasteiger partial charge in [-0.05, 0) is 54.2 Å². The summed E-state index contributed by atoms with van der Waals surface area (Å²) in [7, 11) is 0. The van der Waals surface area contributed by atoms with Crippen molar-refractivity contribution in [3.05, 3.63) is 22.2 Å². The second-order valence-electron chi connectivity index (χ2n) is 9.64. The van der Waals surface area contributed by atoms with E-state index in [-0.39, 0.29) is 28.8 Å². The summed E-state index contributed by atoms with van der Waals surface area (Å²) in [5.41, 5.74) is 2.28. The van der Waals surface area contributed by atoms with E-state index in [9.17, 15) is 14.4 Å². The molecule has 0 radical (unpaired) electrons. The first-order valence-electron chi connectivity index (χ1n) is 10.2. The molecule has 2 aliphatic rings. The third-order valence-corrected chi connectivity index (χ3v) is 6.42. The van der Waals surface area contributed by atoms with Gasteiger partial charge in [0.1, 0.15) is 0 Å². The number of halogens is 1. The van der Waals surface area contributed by atoms with Gasteiger partial charge in [0, 0.05) is 24.0 Å². The summed E-state index contributed by atoms with van der Waals surface area (Å²) in [6.07, 6.45) is 4.91. The maximum absolute atomic E-state index is 12.9. The molecule has 8 heteroatoms. The topological polar surface area (TPSA) is 90.9 Å². The molecule has 1 saturated carbocycles. The number of anilines is 2. The van der Waals surface area contributed by atoms with E-state index >= 15 is 0 Å². The van der Waals surface area contributed by atoms with Crippen molar-refractivity contribution >= 4 is 45.3 Å². The quantitative estimate of drug-likeness (QED) is 0.498. The van der Waals surface area contributed by atoms with Gasteiger partial charge in [-0.25, -0.2) is 14.6 Å². The van der Waals surface area contributed by atoms with Crippen molar-refractivity contribution in [1.82, 2.24) is 5.32 Å². The summed E-state index contributed by atoms with van der Waals surface area (Å²) in [4.78, 5) is 41.0. The predicted octanol–water partition coefficient (Wildman–Crippen LogP) is 4.40. The number of carbonyl (C=O) groups is 2. The minimum atomic E-state index is -0.297. The van der Waals surface area contributed by atoms with Crippen molar-refractivity contribution in [2.75, 3.05) is 23.3 Å². The zero-order valence-electron chi connectivity index (χ0n) is 18.0. The van der Waals surface area contributed by atoms with Crippen LogP contribution in [0.2, 0.25) is 0 Å². The maximum atomic E-state index is 12.9. The molecule has 0 spiro atoms. The lowest BCUT2D eigenvalue weighted by atomic mass is 9.62. The van der Waals surface area contributed by atoms with Gasteiger partial charge in [0.05, 0.1) is 17.9 Å². The van der Waals surface area contributed by atoms with E-state index in [1.807, 2.05) is 12.1 Å². The fraction of sp³-hybridized carbons (Fsp3) is 0.591. The molecule has 30 heavy (non-hydrogen) atoms. The van der Waals surface area contributed by atoms with E-state index in [1.54, 1.807) is 11.0 Å². The number of carbonyl (C=O) groups excluding carboxylic acids is 3. The molecule has 2 unspecified atom stereocenters. The minimum Gasteiger partial charge on any atom is -0.335 e. The van der Waals surface area contributed by atoms with Gasteiger partial charge in [-0.2, -0.15) is 0 Å². The van der Waals surface area contributed by atoms with Crippen molar-refractivity contribution in [3.8, 4) is 0 Å². The standard InChI is InChI=1S/C22H29BrN4O3/c1-14(29)27-6-5-15-7-16(23)8-18(19(15)27)26-20(30)25-17-9-21(2,3)11-22(4,10-17)12-24-13-28/h7-8,17H,5-6,9-12H2,1-4H3,(H2,25,26,30). The van der Waals surface area contributed by atoms with Crippen LogP contribution in [-0.2, 0) is 16.0 Å². The van der Waals surface area contributed by atoms with Crippen molar-refractivity contribution in [2.45, 2.75) is 59.4 Å². The lowest BCUT2D eigenvalue weighted by molar-refractivity contribution is -0.116. The second kappa shape index (κ2) is 8.52. The number of urea groups is 1. The molecule has 7 nitrogen and oxygen atoms in total. The molecule has 0 aromatic heterocycles. The van der Waals surface area contributed by atoms with Crippen LogP contribution in [0.3, 0.4) is 0 Å². The number of rotatable bonds is 4. The molecular formula is C22H29BrN4O3. The molecule has 3 amide bonds. The predicted molar refractivity (Wildman–Crippen MR) is 121 cm³/mol. The third kappa shape index (κ3) is 5.10. The summed E-state index contributed by atoms with van der Waals surface area (Å²) in [6.45, 7) is 9.01. The SMILES string of the molecule is CC(=O)N1CCc2cc(Br)cc(NC(=O)NC3CC(C)(C)CC(C)(CN=C=O)C3)c21. The normalized spacial score (nSPS) is 24.6. The Hall–Kier alpha value is -2.18. The highest BCUT2D eigenvalue weighted by Crippen LogP contribution is 2.46. The first-order valence-corrected chi connectivity index (χ1v) is 11.0. The smallest absolute Gasteiger partial charge is 0.319 e. The van der Waals surface area contributed by atoms with E-state index in [4.69, 9.17) is 0 Å². The highest BCUT2D eigenvalue weighted by molar-refractivity contribution is 9.10. The van der Waals surface area contributed by atoms with Crippen LogP contribution in [0.4, 0.5) is 16.2 Å². The number of hydrogen-bond acceptors (Lipinski definition) is 4. The van der Waals surface area contributed by atoms with Crippen LogP contribution in [0, 0.1) is 10.8 Å². The molecule has 2 N–H and O–H groups in total. The van der Waals surface area contributed by atoms with E-state index in [0.29, 0.717) is 18.8 Å². The number of nitrogens with one attached hydrogen (secondary N) is 2. The van der Waals surface area contributed by atoms with Gasteiger partial charge in [0.2, 0.25) is 12.0 Å². The highest BCUT2D eigenvalue weighted by Gasteiger charge is 2.41. The Morgan fingerprint density at radius 2 is 2.03 bits per heavy atom. The number of hydrogen-bond donors (Lipinski definition) is 2. The van der Waals surface area contributed by atoms with Crippen LogP contribution >= 0.6 is 15.9 Å². The fourth-order valence-electron chi connectivity index (χ4n) is 5.34. The highest BCUT2D eigenvalue weighted by atomic mass is 79.9. The molecule has 0 bridgehead atoms. The third-order valence-electron chi connectivity index (χ3n) is 5.96. The number of fused-ring (bicyclic) bond motifs is 1. The molecule has 1 aromatic carbocycles. The van der Waals surface area contributed by atoms with Crippen LogP contribution in [0.15, 0.2) is 21.6 Å². The largest absolute Gasteiger partial charge is 0.335 e. The van der Waals surface area contributed by atoms with Crippen LogP contribution in [-0.4, -0.2) is 37.1 Å². The Kier molecular flexibility index (Phi) is 6.39. The number of isocyanates is 1. The van der Waals surface area contributed by atoms with E-state index < -0.39 is 0 Å². The van der Waals surface area contributed by atoms with Crippen molar-refractivity contribution < 1.29 is 14.4 Å². The molecule has 1 aliphatic carbocycles. The van der Waals surface area contributed by atoms with Crippen LogP contribution in [0.1, 0.15) is 52.5 Å². The first kappa shape index (κ1) is 22.5. The van der Waals surface area contributed by atoms with Crippen molar-refractivity contribution in [1.29, 1.82) is 0 Å². The number of nitrogens with zero attached hydrogens (tertiary/aromatic N) is 2. The number of aliphatic imine (C=N–C) groups is 1. The minimum absolute atomic E-state index is 0.0196. The van der Waals surface area contributed by atoms with Gasteiger partial charge in [0.15, 0.2) is 0 Å². The molecule has 3 rings (SSSR count). The lowest BCUT2D eigenvalue weighted by Gasteiger charge is -2.46. The van der Waals surface area contributed by atoms with Crippen molar-refractivity contribution in [3.63, 3.8) is 0 Å². The van der Waals surface area contributed by atoms with Gasteiger partial charge in [0.25, 0.3) is 0 Å². The summed E-state index contributed by atoms with van der Waals surface area (Å²) in [6, 6.07) is 3.48. The van der Waals surface area contributed by atoms with Gasteiger partial charge in [-0.15, -0.1) is 0 Å². The van der Waals surface area contributed by atoms with E-state index in [0.717, 1.165) is 41.4 Å². The summed E-state index contributed by atoms with van der Waals surface area (Å²) in [5.74, 6) is -0.0416. The van der Waals surface area contributed by atoms with E-state index in [1.165, 1.54) is 6.92 Å². The number of benzene rings is 1. The van der Waals surface area contributed by atoms with Gasteiger partial charge < -0.3 is 15.5 Å². The van der Waals surface area contributed by atoms with Crippen LogP contribution in [0.25, 0.3) is 0 Å². The Labute approximate surface area is 185 Å². The molecule has 1 fully saturated rings. The molecular weight excluding hydrogens is 448 g/mol. The molecule has 0 saturated heterocycles. The zero-order valence-corrected chi connectivity index (χ0v) is 19.6. The monoisotopic (exact) mass is 476 g/mol. The average Bonchev–Trinajstić information content (AvgIpc) is 3.02.